The normalized spacial score (nSPS) is 12.6. The lowest BCUT2D eigenvalue weighted by molar-refractivity contribution is 0.186. The Bertz CT molecular complexity index is 313. The quantitative estimate of drug-likeness (QED) is 0.783. The molecule has 0 aliphatic rings. The van der Waals surface area contributed by atoms with E-state index in [1.165, 1.54) is 6.20 Å². The molecule has 0 aliphatic heterocycles. The smallest absolute Gasteiger partial charge is 0.224 e. The van der Waals surface area contributed by atoms with Gasteiger partial charge in [0.2, 0.25) is 5.28 Å². The first-order valence-corrected chi connectivity index (χ1v) is 4.56. The van der Waals surface area contributed by atoms with Gasteiger partial charge in [-0.2, -0.15) is 4.98 Å². The Balaban J connectivity index is 2.62. The summed E-state index contributed by atoms with van der Waals surface area (Å²) in [6.07, 6.45) is -0.0504. The van der Waals surface area contributed by atoms with Crippen LogP contribution >= 0.6 is 23.2 Å². The number of aromatic nitrogens is 2. The lowest BCUT2D eigenvalue weighted by Crippen LogP contribution is -2.19. The Labute approximate surface area is 90.1 Å². The molecule has 1 unspecified atom stereocenters. The summed E-state index contributed by atoms with van der Waals surface area (Å²) in [5, 5.41) is 11.3. The molecule has 0 saturated carbocycles. The first kappa shape index (κ1) is 11.4. The summed E-state index contributed by atoms with van der Waals surface area (Å²) >= 11 is 11.2. The van der Waals surface area contributed by atoms with Crippen molar-refractivity contribution < 1.29 is 9.50 Å². The number of halogens is 3. The summed E-state index contributed by atoms with van der Waals surface area (Å²) in [6.45, 7) is -0.632. The number of nitrogens with one attached hydrogen (secondary N) is 1. The van der Waals surface area contributed by atoms with Crippen LogP contribution in [-0.4, -0.2) is 34.4 Å². The third-order valence-corrected chi connectivity index (χ3v) is 1.86. The first-order chi connectivity index (χ1) is 6.63. The standard InChI is InChI=1S/C7H8Cl2FN3O/c8-5-2-12-7(9)13-6(5)11-1-4(10)3-14/h2,4,14H,1,3H2,(H,11,12,13). The van der Waals surface area contributed by atoms with Crippen molar-refractivity contribution in [1.29, 1.82) is 0 Å². The minimum absolute atomic E-state index is 0.0244. The van der Waals surface area contributed by atoms with Gasteiger partial charge in [0.15, 0.2) is 0 Å². The van der Waals surface area contributed by atoms with E-state index < -0.39 is 12.8 Å². The number of hydrogen-bond donors (Lipinski definition) is 2. The van der Waals surface area contributed by atoms with Gasteiger partial charge in [-0.15, -0.1) is 0 Å². The molecule has 7 heteroatoms. The summed E-state index contributed by atoms with van der Waals surface area (Å²) in [6, 6.07) is 0. The molecule has 1 aromatic heterocycles. The van der Waals surface area contributed by atoms with Gasteiger partial charge >= 0.3 is 0 Å². The Morgan fingerprint density at radius 2 is 2.29 bits per heavy atom. The Hall–Kier alpha value is -0.650. The van der Waals surface area contributed by atoms with E-state index in [2.05, 4.69) is 15.3 Å². The fraction of sp³-hybridized carbons (Fsp3) is 0.429. The van der Waals surface area contributed by atoms with E-state index in [0.717, 1.165) is 0 Å². The van der Waals surface area contributed by atoms with Gasteiger partial charge in [0.05, 0.1) is 12.8 Å². The van der Waals surface area contributed by atoms with Gasteiger partial charge in [-0.3, -0.25) is 0 Å². The summed E-state index contributed by atoms with van der Waals surface area (Å²) in [5.74, 6) is 0.253. The Morgan fingerprint density at radius 3 is 2.93 bits per heavy atom. The van der Waals surface area contributed by atoms with E-state index >= 15 is 0 Å². The van der Waals surface area contributed by atoms with Gasteiger partial charge in [0.25, 0.3) is 0 Å². The maximum atomic E-state index is 12.6. The van der Waals surface area contributed by atoms with E-state index in [1.807, 2.05) is 0 Å². The highest BCUT2D eigenvalue weighted by Gasteiger charge is 2.07. The average Bonchev–Trinajstić information content (AvgIpc) is 2.19. The zero-order chi connectivity index (χ0) is 10.6. The van der Waals surface area contributed by atoms with Crippen LogP contribution in [0.25, 0.3) is 0 Å². The minimum atomic E-state index is -1.36. The molecule has 1 aromatic rings. The highest BCUT2D eigenvalue weighted by atomic mass is 35.5. The van der Waals surface area contributed by atoms with Gasteiger partial charge in [-0.1, -0.05) is 11.6 Å². The second kappa shape index (κ2) is 5.29. The summed E-state index contributed by atoms with van der Waals surface area (Å²) in [5.41, 5.74) is 0. The molecule has 1 atom stereocenters. The third-order valence-electron chi connectivity index (χ3n) is 1.40. The van der Waals surface area contributed by atoms with E-state index in [-0.39, 0.29) is 22.7 Å². The van der Waals surface area contributed by atoms with Crippen LogP contribution in [0.4, 0.5) is 10.2 Å². The number of aliphatic hydroxyl groups is 1. The summed E-state index contributed by atoms with van der Waals surface area (Å²) in [7, 11) is 0. The third kappa shape index (κ3) is 3.25. The zero-order valence-electron chi connectivity index (χ0n) is 7.04. The molecule has 0 radical (unpaired) electrons. The van der Waals surface area contributed by atoms with Gasteiger partial charge in [0.1, 0.15) is 17.0 Å². The number of nitrogens with zero attached hydrogens (tertiary/aromatic N) is 2. The number of alkyl halides is 1. The number of anilines is 1. The monoisotopic (exact) mass is 239 g/mol. The van der Waals surface area contributed by atoms with Crippen molar-refractivity contribution in [2.75, 3.05) is 18.5 Å². The molecule has 0 saturated heterocycles. The predicted molar refractivity (Wildman–Crippen MR) is 52.5 cm³/mol. The summed E-state index contributed by atoms with van der Waals surface area (Å²) in [4.78, 5) is 7.37. The van der Waals surface area contributed by atoms with Gasteiger partial charge < -0.3 is 10.4 Å². The lowest BCUT2D eigenvalue weighted by atomic mass is 10.4. The van der Waals surface area contributed by atoms with Crippen molar-refractivity contribution in [3.8, 4) is 0 Å². The predicted octanol–water partition coefficient (Wildman–Crippen LogP) is 1.53. The van der Waals surface area contributed by atoms with Crippen molar-refractivity contribution in [2.24, 2.45) is 0 Å². The van der Waals surface area contributed by atoms with Crippen LogP contribution in [0.5, 0.6) is 0 Å². The van der Waals surface area contributed by atoms with E-state index in [1.54, 1.807) is 0 Å². The van der Waals surface area contributed by atoms with Gasteiger partial charge in [-0.25, -0.2) is 9.37 Å². The van der Waals surface area contributed by atoms with Crippen molar-refractivity contribution in [1.82, 2.24) is 9.97 Å². The average molecular weight is 240 g/mol. The Kier molecular flexibility index (Phi) is 4.31. The lowest BCUT2D eigenvalue weighted by Gasteiger charge is -2.08. The van der Waals surface area contributed by atoms with Crippen molar-refractivity contribution >= 4 is 29.0 Å². The molecule has 1 heterocycles. The molecule has 1 rings (SSSR count). The van der Waals surface area contributed by atoms with Gasteiger partial charge in [-0.05, 0) is 11.6 Å². The second-order valence-electron chi connectivity index (χ2n) is 2.50. The molecule has 0 aromatic carbocycles. The van der Waals surface area contributed by atoms with Crippen LogP contribution < -0.4 is 5.32 Å². The molecule has 0 aliphatic carbocycles. The molecule has 0 spiro atoms. The van der Waals surface area contributed by atoms with Crippen LogP contribution in [0.1, 0.15) is 0 Å². The first-order valence-electron chi connectivity index (χ1n) is 3.80. The van der Waals surface area contributed by atoms with Crippen molar-refractivity contribution in [2.45, 2.75) is 6.17 Å². The van der Waals surface area contributed by atoms with E-state index in [0.29, 0.717) is 0 Å². The van der Waals surface area contributed by atoms with Crippen LogP contribution in [0, 0.1) is 0 Å². The van der Waals surface area contributed by atoms with Crippen LogP contribution in [0.2, 0.25) is 10.3 Å². The largest absolute Gasteiger partial charge is 0.393 e. The summed E-state index contributed by atoms with van der Waals surface area (Å²) < 4.78 is 12.6. The molecule has 4 nitrogen and oxygen atoms in total. The fourth-order valence-electron chi connectivity index (χ4n) is 0.742. The molecule has 0 bridgehead atoms. The molecule has 0 fully saturated rings. The maximum absolute atomic E-state index is 12.6. The van der Waals surface area contributed by atoms with Crippen LogP contribution in [0.15, 0.2) is 6.20 Å². The molecule has 78 valence electrons. The van der Waals surface area contributed by atoms with Gasteiger partial charge in [0, 0.05) is 6.54 Å². The van der Waals surface area contributed by atoms with Crippen molar-refractivity contribution in [3.05, 3.63) is 16.5 Å². The SMILES string of the molecule is OCC(F)CNc1nc(Cl)ncc1Cl. The molecule has 0 amide bonds. The van der Waals surface area contributed by atoms with E-state index in [9.17, 15) is 4.39 Å². The van der Waals surface area contributed by atoms with Crippen molar-refractivity contribution in [3.63, 3.8) is 0 Å². The number of aliphatic hydroxyl groups excluding tert-OH is 1. The topological polar surface area (TPSA) is 58.0 Å². The zero-order valence-corrected chi connectivity index (χ0v) is 8.56. The maximum Gasteiger partial charge on any atom is 0.224 e. The number of hydrogen-bond acceptors (Lipinski definition) is 4. The highest BCUT2D eigenvalue weighted by molar-refractivity contribution is 6.33. The highest BCUT2D eigenvalue weighted by Crippen LogP contribution is 2.19. The molecule has 2 N–H and O–H groups in total. The second-order valence-corrected chi connectivity index (χ2v) is 3.24. The number of rotatable bonds is 4. The van der Waals surface area contributed by atoms with Crippen LogP contribution in [0.3, 0.4) is 0 Å². The van der Waals surface area contributed by atoms with E-state index in [4.69, 9.17) is 28.3 Å². The van der Waals surface area contributed by atoms with Crippen LogP contribution in [-0.2, 0) is 0 Å². The molecule has 14 heavy (non-hydrogen) atoms. The Morgan fingerprint density at radius 1 is 1.57 bits per heavy atom. The molecular weight excluding hydrogens is 232 g/mol. The fourth-order valence-corrected chi connectivity index (χ4v) is 1.03. The molecular formula is C7H8Cl2FN3O. The minimum Gasteiger partial charge on any atom is -0.393 e.